The highest BCUT2D eigenvalue weighted by Gasteiger charge is 2.00. The molecule has 1 aromatic carbocycles. The van der Waals surface area contributed by atoms with Crippen LogP contribution >= 0.6 is 11.3 Å². The molecule has 94 valence electrons. The third kappa shape index (κ3) is 2.46. The van der Waals surface area contributed by atoms with E-state index in [1.807, 2.05) is 35.9 Å². The molecule has 0 unspecified atom stereocenters. The highest BCUT2D eigenvalue weighted by Crippen LogP contribution is 2.14. The van der Waals surface area contributed by atoms with Gasteiger partial charge in [0.2, 0.25) is 4.80 Å². The van der Waals surface area contributed by atoms with Gasteiger partial charge in [-0.05, 0) is 18.2 Å². The number of nitrogens with zero attached hydrogens (tertiary/aromatic N) is 4. The predicted molar refractivity (Wildman–Crippen MR) is 78.2 cm³/mol. The smallest absolute Gasteiger partial charge is 0.211 e. The van der Waals surface area contributed by atoms with Crippen molar-refractivity contribution in [1.82, 2.24) is 9.55 Å². The Kier molecular flexibility index (Phi) is 3.20. The maximum absolute atomic E-state index is 4.26. The van der Waals surface area contributed by atoms with Gasteiger partial charge in [0.25, 0.3) is 0 Å². The molecule has 0 N–H and O–H groups in total. The van der Waals surface area contributed by atoms with Gasteiger partial charge in [-0.1, -0.05) is 29.5 Å². The molecular formula is C14H12N4S. The number of para-hydroxylation sites is 1. The number of hydrogen-bond donors (Lipinski definition) is 0. The molecule has 0 fully saturated rings. The zero-order chi connectivity index (χ0) is 13.1. The number of pyridine rings is 1. The summed E-state index contributed by atoms with van der Waals surface area (Å²) >= 11 is 1.63. The summed E-state index contributed by atoms with van der Waals surface area (Å²) in [5.41, 5.74) is 2.11. The second kappa shape index (κ2) is 5.16. The average Bonchev–Trinajstić information content (AvgIpc) is 2.78. The van der Waals surface area contributed by atoms with Crippen LogP contribution in [-0.4, -0.2) is 15.8 Å². The molecule has 4 nitrogen and oxygen atoms in total. The van der Waals surface area contributed by atoms with E-state index in [9.17, 15) is 0 Å². The lowest BCUT2D eigenvalue weighted by Gasteiger charge is -1.92. The van der Waals surface area contributed by atoms with Crippen LogP contribution < -0.4 is 4.80 Å². The molecule has 0 aliphatic rings. The Labute approximate surface area is 114 Å². The summed E-state index contributed by atoms with van der Waals surface area (Å²) in [5.74, 6) is 0. The molecule has 0 radical (unpaired) electrons. The third-order valence-electron chi connectivity index (χ3n) is 2.75. The van der Waals surface area contributed by atoms with E-state index < -0.39 is 0 Å². The summed E-state index contributed by atoms with van der Waals surface area (Å²) in [7, 11) is 2.00. The molecule has 0 atom stereocenters. The molecule has 0 saturated carbocycles. The standard InChI is InChI=1S/C14H12N4S/c1-18-12-6-2-3-7-13(12)19-14(18)17-16-10-11-5-4-8-15-9-11/h2-10H,1H3/b16-10+,17-14-. The molecule has 19 heavy (non-hydrogen) atoms. The van der Waals surface area contributed by atoms with E-state index in [1.165, 1.54) is 10.2 Å². The molecule has 3 rings (SSSR count). The summed E-state index contributed by atoms with van der Waals surface area (Å²) in [5, 5.41) is 8.38. The van der Waals surface area contributed by atoms with E-state index in [2.05, 4.69) is 27.3 Å². The molecule has 2 heterocycles. The quantitative estimate of drug-likeness (QED) is 0.520. The normalized spacial score (nSPS) is 12.6. The summed E-state index contributed by atoms with van der Waals surface area (Å²) < 4.78 is 3.25. The molecule has 0 aliphatic carbocycles. The van der Waals surface area contributed by atoms with Gasteiger partial charge in [0.05, 0.1) is 16.4 Å². The van der Waals surface area contributed by atoms with Crippen LogP contribution in [0.1, 0.15) is 5.56 Å². The van der Waals surface area contributed by atoms with E-state index in [-0.39, 0.29) is 0 Å². The molecular weight excluding hydrogens is 256 g/mol. The van der Waals surface area contributed by atoms with E-state index in [0.717, 1.165) is 10.4 Å². The van der Waals surface area contributed by atoms with Crippen LogP contribution in [0.25, 0.3) is 10.2 Å². The fourth-order valence-corrected chi connectivity index (χ4v) is 2.75. The number of rotatable bonds is 2. The van der Waals surface area contributed by atoms with Gasteiger partial charge in [0.1, 0.15) is 0 Å². The number of benzene rings is 1. The maximum atomic E-state index is 4.26. The van der Waals surface area contributed by atoms with Crippen LogP contribution in [-0.2, 0) is 7.05 Å². The van der Waals surface area contributed by atoms with E-state index in [0.29, 0.717) is 0 Å². The number of aryl methyl sites for hydroxylation is 1. The van der Waals surface area contributed by atoms with Gasteiger partial charge in [-0.3, -0.25) is 4.98 Å². The van der Waals surface area contributed by atoms with Crippen LogP contribution in [0.5, 0.6) is 0 Å². The maximum Gasteiger partial charge on any atom is 0.211 e. The monoisotopic (exact) mass is 268 g/mol. The summed E-state index contributed by atoms with van der Waals surface area (Å²) in [6.07, 6.45) is 5.20. The second-order valence-electron chi connectivity index (χ2n) is 4.04. The predicted octanol–water partition coefficient (Wildman–Crippen LogP) is 2.57. The van der Waals surface area contributed by atoms with Gasteiger partial charge in [-0.2, -0.15) is 5.10 Å². The van der Waals surface area contributed by atoms with Crippen LogP contribution in [0, 0.1) is 0 Å². The molecule has 0 saturated heterocycles. The van der Waals surface area contributed by atoms with Gasteiger partial charge in [0.15, 0.2) is 0 Å². The van der Waals surface area contributed by atoms with Crippen molar-refractivity contribution in [3.8, 4) is 0 Å². The van der Waals surface area contributed by atoms with Crippen molar-refractivity contribution in [3.63, 3.8) is 0 Å². The first-order valence-corrected chi connectivity index (χ1v) is 6.68. The summed E-state index contributed by atoms with van der Waals surface area (Å²) in [4.78, 5) is 4.90. The largest absolute Gasteiger partial charge is 0.318 e. The highest BCUT2D eigenvalue weighted by atomic mass is 32.1. The SMILES string of the molecule is Cn1/c(=N/N=C/c2cccnc2)sc2ccccc21. The second-order valence-corrected chi connectivity index (χ2v) is 5.05. The van der Waals surface area contributed by atoms with Crippen molar-refractivity contribution in [1.29, 1.82) is 0 Å². The Morgan fingerprint density at radius 2 is 2.11 bits per heavy atom. The topological polar surface area (TPSA) is 42.5 Å². The van der Waals surface area contributed by atoms with Gasteiger partial charge >= 0.3 is 0 Å². The minimum atomic E-state index is 0.876. The average molecular weight is 268 g/mol. The number of aromatic nitrogens is 2. The fourth-order valence-electron chi connectivity index (χ4n) is 1.78. The van der Waals surface area contributed by atoms with Crippen molar-refractivity contribution in [2.75, 3.05) is 0 Å². The molecule has 0 bridgehead atoms. The first-order chi connectivity index (χ1) is 9.34. The van der Waals surface area contributed by atoms with E-state index >= 15 is 0 Å². The van der Waals surface area contributed by atoms with Gasteiger partial charge in [0, 0.05) is 25.0 Å². The Balaban J connectivity index is 1.98. The Hall–Kier alpha value is -2.27. The molecule has 3 aromatic rings. The van der Waals surface area contributed by atoms with Crippen LogP contribution in [0.15, 0.2) is 59.0 Å². The lowest BCUT2D eigenvalue weighted by molar-refractivity contribution is 0.889. The molecule has 2 aromatic heterocycles. The molecule has 0 amide bonds. The van der Waals surface area contributed by atoms with Gasteiger partial charge < -0.3 is 4.57 Å². The van der Waals surface area contributed by atoms with Crippen molar-refractivity contribution in [3.05, 3.63) is 59.2 Å². The Bertz CT molecular complexity index is 784. The first kappa shape index (κ1) is 11.8. The Morgan fingerprint density at radius 1 is 1.21 bits per heavy atom. The highest BCUT2D eigenvalue weighted by molar-refractivity contribution is 7.16. The number of fused-ring (bicyclic) bond motifs is 1. The summed E-state index contributed by atoms with van der Waals surface area (Å²) in [6.45, 7) is 0. The third-order valence-corrected chi connectivity index (χ3v) is 3.85. The zero-order valence-electron chi connectivity index (χ0n) is 10.4. The zero-order valence-corrected chi connectivity index (χ0v) is 11.2. The van der Waals surface area contributed by atoms with Gasteiger partial charge in [-0.25, -0.2) is 0 Å². The number of thiazole rings is 1. The Morgan fingerprint density at radius 3 is 2.89 bits per heavy atom. The lowest BCUT2D eigenvalue weighted by Crippen LogP contribution is -2.08. The molecule has 0 aliphatic heterocycles. The minimum absolute atomic E-state index is 0.876. The van der Waals surface area contributed by atoms with Crippen molar-refractivity contribution >= 4 is 27.8 Å². The van der Waals surface area contributed by atoms with Crippen molar-refractivity contribution in [2.24, 2.45) is 17.3 Å². The van der Waals surface area contributed by atoms with Crippen LogP contribution in [0.2, 0.25) is 0 Å². The first-order valence-electron chi connectivity index (χ1n) is 5.86. The van der Waals surface area contributed by atoms with Crippen LogP contribution in [0.3, 0.4) is 0 Å². The fraction of sp³-hybridized carbons (Fsp3) is 0.0714. The van der Waals surface area contributed by atoms with Crippen molar-refractivity contribution in [2.45, 2.75) is 0 Å². The van der Waals surface area contributed by atoms with Gasteiger partial charge in [-0.15, -0.1) is 5.10 Å². The minimum Gasteiger partial charge on any atom is -0.318 e. The van der Waals surface area contributed by atoms with E-state index in [4.69, 9.17) is 0 Å². The summed E-state index contributed by atoms with van der Waals surface area (Å²) in [6, 6.07) is 12.0. The molecule has 0 spiro atoms. The van der Waals surface area contributed by atoms with E-state index in [1.54, 1.807) is 29.9 Å². The molecule has 5 heteroatoms. The number of hydrogen-bond acceptors (Lipinski definition) is 4. The van der Waals surface area contributed by atoms with Crippen molar-refractivity contribution < 1.29 is 0 Å². The lowest BCUT2D eigenvalue weighted by atomic mass is 10.3. The van der Waals surface area contributed by atoms with Crippen LogP contribution in [0.4, 0.5) is 0 Å².